The third-order valence-electron chi connectivity index (χ3n) is 13.5. The number of phosphoric ester groups is 1. The number of unbranched alkanes of at least 4 members (excludes halogenated alkanes) is 38. The van der Waals surface area contributed by atoms with Gasteiger partial charge in [0.2, 0.25) is 0 Å². The predicted octanol–water partition coefficient (Wildman–Crippen LogP) is 18.6. The van der Waals surface area contributed by atoms with Gasteiger partial charge >= 0.3 is 19.8 Å². The molecule has 0 aromatic rings. The zero-order valence-electron chi connectivity index (χ0n) is 47.0. The van der Waals surface area contributed by atoms with Crippen molar-refractivity contribution in [3.8, 4) is 0 Å². The van der Waals surface area contributed by atoms with Gasteiger partial charge in [0, 0.05) is 12.8 Å². The van der Waals surface area contributed by atoms with Crippen LogP contribution in [0.3, 0.4) is 0 Å². The third-order valence-corrected chi connectivity index (χ3v) is 14.4. The summed E-state index contributed by atoms with van der Waals surface area (Å²) in [5, 5.41) is 0. The van der Waals surface area contributed by atoms with E-state index < -0.39 is 32.5 Å². The van der Waals surface area contributed by atoms with Crippen LogP contribution >= 0.6 is 7.82 Å². The number of carbonyl (C=O) groups is 2. The quantitative estimate of drug-likeness (QED) is 0.0211. The van der Waals surface area contributed by atoms with Crippen molar-refractivity contribution in [3.63, 3.8) is 0 Å². The molecular formula is C60H117NO8P+. The molecule has 0 aromatic heterocycles. The Morgan fingerprint density at radius 3 is 1.14 bits per heavy atom. The van der Waals surface area contributed by atoms with E-state index in [0.717, 1.165) is 32.1 Å². The number of ether oxygens (including phenoxy) is 2. The molecule has 0 heterocycles. The van der Waals surface area contributed by atoms with Crippen molar-refractivity contribution in [3.05, 3.63) is 24.3 Å². The molecule has 70 heavy (non-hydrogen) atoms. The van der Waals surface area contributed by atoms with Crippen LogP contribution in [0.4, 0.5) is 0 Å². The molecule has 0 rings (SSSR count). The molecule has 0 amide bonds. The normalized spacial score (nSPS) is 13.4. The predicted molar refractivity (Wildman–Crippen MR) is 298 cm³/mol. The van der Waals surface area contributed by atoms with Crippen molar-refractivity contribution in [2.45, 2.75) is 302 Å². The number of nitrogens with zero attached hydrogens (tertiary/aromatic N) is 1. The third kappa shape index (κ3) is 55.8. The second-order valence-electron chi connectivity index (χ2n) is 21.7. The summed E-state index contributed by atoms with van der Waals surface area (Å²) >= 11 is 0. The summed E-state index contributed by atoms with van der Waals surface area (Å²) in [6.07, 6.45) is 62.7. The maximum Gasteiger partial charge on any atom is 0.472 e. The molecule has 0 bridgehead atoms. The zero-order valence-corrected chi connectivity index (χ0v) is 47.9. The highest BCUT2D eigenvalue weighted by Gasteiger charge is 2.27. The molecule has 0 spiro atoms. The van der Waals surface area contributed by atoms with Crippen molar-refractivity contribution >= 4 is 19.8 Å². The van der Waals surface area contributed by atoms with Gasteiger partial charge in [-0.25, -0.2) is 4.57 Å². The fraction of sp³-hybridized carbons (Fsp3) is 0.900. The molecule has 0 saturated heterocycles. The van der Waals surface area contributed by atoms with Crippen molar-refractivity contribution in [2.24, 2.45) is 0 Å². The summed E-state index contributed by atoms with van der Waals surface area (Å²) in [5.74, 6) is -0.830. The smallest absolute Gasteiger partial charge is 0.462 e. The lowest BCUT2D eigenvalue weighted by atomic mass is 10.0. The first-order valence-electron chi connectivity index (χ1n) is 30.1. The number of hydrogen-bond acceptors (Lipinski definition) is 7. The second-order valence-corrected chi connectivity index (χ2v) is 23.2. The Morgan fingerprint density at radius 2 is 0.757 bits per heavy atom. The van der Waals surface area contributed by atoms with Crippen LogP contribution in [0.15, 0.2) is 24.3 Å². The van der Waals surface area contributed by atoms with E-state index in [9.17, 15) is 19.0 Å². The summed E-state index contributed by atoms with van der Waals surface area (Å²) in [6, 6.07) is 0. The number of likely N-dealkylation sites (N-methyl/N-ethyl adjacent to an activating group) is 1. The van der Waals surface area contributed by atoms with E-state index in [0.29, 0.717) is 23.9 Å². The number of hydrogen-bond donors (Lipinski definition) is 1. The maximum atomic E-state index is 12.8. The van der Waals surface area contributed by atoms with Gasteiger partial charge in [-0.15, -0.1) is 0 Å². The fourth-order valence-corrected chi connectivity index (χ4v) is 9.54. The number of phosphoric acid groups is 1. The summed E-state index contributed by atoms with van der Waals surface area (Å²) < 4.78 is 34.5. The molecule has 0 aliphatic heterocycles. The van der Waals surface area contributed by atoms with Crippen molar-refractivity contribution < 1.29 is 42.1 Å². The molecule has 0 radical (unpaired) electrons. The van der Waals surface area contributed by atoms with Gasteiger partial charge in [-0.2, -0.15) is 0 Å². The molecule has 1 unspecified atom stereocenters. The summed E-state index contributed by atoms with van der Waals surface area (Å²) in [5.41, 5.74) is 0. The van der Waals surface area contributed by atoms with Gasteiger partial charge in [-0.05, 0) is 44.9 Å². The van der Waals surface area contributed by atoms with Gasteiger partial charge in [0.15, 0.2) is 6.10 Å². The van der Waals surface area contributed by atoms with Crippen LogP contribution in [0, 0.1) is 0 Å². The molecular weight excluding hydrogens is 894 g/mol. The van der Waals surface area contributed by atoms with E-state index in [1.807, 2.05) is 21.1 Å². The molecule has 1 N–H and O–H groups in total. The molecule has 10 heteroatoms. The summed E-state index contributed by atoms with van der Waals surface area (Å²) in [4.78, 5) is 35.7. The van der Waals surface area contributed by atoms with Gasteiger partial charge in [0.25, 0.3) is 0 Å². The molecule has 0 aliphatic carbocycles. The monoisotopic (exact) mass is 1010 g/mol. The molecule has 2 atom stereocenters. The highest BCUT2D eigenvalue weighted by atomic mass is 31.2. The Hall–Kier alpha value is -1.51. The van der Waals surface area contributed by atoms with Gasteiger partial charge in [-0.3, -0.25) is 18.6 Å². The SMILES string of the molecule is CCCCCCCCCCCCCCCC/C=C/CC/C=C/CCCC(=O)OC[C@H](COP(=O)(O)OCC[N+](C)(C)C)OC(=O)CCCCCCCCCCCCCCCCCCCCCCCCC. The topological polar surface area (TPSA) is 108 Å². The van der Waals surface area contributed by atoms with E-state index in [4.69, 9.17) is 18.5 Å². The van der Waals surface area contributed by atoms with Crippen LogP contribution in [0.1, 0.15) is 296 Å². The largest absolute Gasteiger partial charge is 0.472 e. The molecule has 414 valence electrons. The Bertz CT molecular complexity index is 1240. The molecule has 0 aromatic carbocycles. The number of quaternary nitrogens is 1. The van der Waals surface area contributed by atoms with E-state index in [2.05, 4.69) is 38.2 Å². The van der Waals surface area contributed by atoms with Crippen LogP contribution in [-0.4, -0.2) is 74.9 Å². The highest BCUT2D eigenvalue weighted by molar-refractivity contribution is 7.47. The Labute approximate surface area is 434 Å². The van der Waals surface area contributed by atoms with Gasteiger partial charge in [0.1, 0.15) is 19.8 Å². The van der Waals surface area contributed by atoms with Crippen molar-refractivity contribution in [2.75, 3.05) is 47.5 Å². The van der Waals surface area contributed by atoms with Crippen LogP contribution in [-0.2, 0) is 32.7 Å². The number of allylic oxidation sites excluding steroid dienone is 4. The maximum absolute atomic E-state index is 12.8. The van der Waals surface area contributed by atoms with Crippen LogP contribution in [0.5, 0.6) is 0 Å². The molecule has 0 aliphatic rings. The van der Waals surface area contributed by atoms with Crippen molar-refractivity contribution in [1.29, 1.82) is 0 Å². The minimum absolute atomic E-state index is 0.0287. The summed E-state index contributed by atoms with van der Waals surface area (Å²) in [7, 11) is 1.47. The standard InChI is InChI=1S/C60H116NO8P/c1-6-8-10-12-14-16-18-20-22-24-26-28-30-32-34-36-38-40-42-44-46-48-50-52-59(62)66-56-58(57-68-70(64,65)67-55-54-61(3,4)5)69-60(63)53-51-49-47-45-43-41-39-37-35-33-31-29-27-25-23-21-19-17-15-13-11-9-7-2/h36,38,44,46,58H,6-35,37,39-43,45,47-57H2,1-5H3/p+1/b38-36+,46-44+/t58-/m1/s1. The van der Waals surface area contributed by atoms with Crippen LogP contribution in [0.25, 0.3) is 0 Å². The van der Waals surface area contributed by atoms with E-state index in [1.54, 1.807) is 0 Å². The Balaban J connectivity index is 4.16. The minimum atomic E-state index is -4.39. The summed E-state index contributed by atoms with van der Waals surface area (Å²) in [6.45, 7) is 4.45. The number of esters is 2. The van der Waals surface area contributed by atoms with Crippen LogP contribution in [0.2, 0.25) is 0 Å². The number of carbonyl (C=O) groups excluding carboxylic acids is 2. The molecule has 0 fully saturated rings. The molecule has 0 saturated carbocycles. The van der Waals surface area contributed by atoms with Gasteiger partial charge in [0.05, 0.1) is 27.7 Å². The first kappa shape index (κ1) is 68.5. The van der Waals surface area contributed by atoms with Crippen LogP contribution < -0.4 is 0 Å². The van der Waals surface area contributed by atoms with Crippen molar-refractivity contribution in [1.82, 2.24) is 0 Å². The van der Waals surface area contributed by atoms with E-state index in [-0.39, 0.29) is 26.1 Å². The minimum Gasteiger partial charge on any atom is -0.462 e. The van der Waals surface area contributed by atoms with E-state index >= 15 is 0 Å². The van der Waals surface area contributed by atoms with Gasteiger partial charge in [-0.1, -0.05) is 263 Å². The zero-order chi connectivity index (χ0) is 51.3. The second kappa shape index (κ2) is 52.4. The van der Waals surface area contributed by atoms with Gasteiger partial charge < -0.3 is 18.9 Å². The lowest BCUT2D eigenvalue weighted by Crippen LogP contribution is -2.37. The Morgan fingerprint density at radius 1 is 0.429 bits per heavy atom. The highest BCUT2D eigenvalue weighted by Crippen LogP contribution is 2.43. The average Bonchev–Trinajstić information content (AvgIpc) is 3.32. The first-order valence-corrected chi connectivity index (χ1v) is 31.6. The number of rotatable bonds is 56. The lowest BCUT2D eigenvalue weighted by molar-refractivity contribution is -0.870. The first-order chi connectivity index (χ1) is 34.0. The molecule has 9 nitrogen and oxygen atoms in total. The van der Waals surface area contributed by atoms with E-state index in [1.165, 1.54) is 225 Å². The lowest BCUT2D eigenvalue weighted by Gasteiger charge is -2.24. The average molecular weight is 1010 g/mol. The fourth-order valence-electron chi connectivity index (χ4n) is 8.80. The Kier molecular flexibility index (Phi) is 51.2.